The van der Waals surface area contributed by atoms with Crippen LogP contribution in [-0.4, -0.2) is 80.6 Å². The number of carbonyl (C=O) groups is 3. The number of carboxylic acid groups (broad SMARTS) is 2. The molecule has 0 saturated carbocycles. The second kappa shape index (κ2) is 12.9. The molecule has 10 nitrogen and oxygen atoms in total. The molecule has 2 rings (SSSR count). The molecule has 2 aromatic rings. The minimum Gasteiger partial charge on any atom is -0.530 e. The second-order valence-corrected chi connectivity index (χ2v) is 13.2. The number of rotatable bonds is 11. The highest BCUT2D eigenvalue weighted by Gasteiger charge is 2.31. The molecular weight excluding hydrogens is 534 g/mol. The lowest BCUT2D eigenvalue weighted by Crippen LogP contribution is -2.56. The number of nitrogens with zero attached hydrogens (tertiary/aromatic N) is 4. The fraction of sp³-hybridized carbons (Fsp3) is 0.625. The summed E-state index contributed by atoms with van der Waals surface area (Å²) in [6.07, 6.45) is 0.186. The predicted molar refractivity (Wildman–Crippen MR) is 145 cm³/mol. The molecule has 0 radical (unpaired) electrons. The number of nitrogens with one attached hydrogen (secondary N) is 1. The van der Waals surface area contributed by atoms with Crippen LogP contribution in [0.1, 0.15) is 69.4 Å². The van der Waals surface area contributed by atoms with Gasteiger partial charge in [0.25, 0.3) is 5.91 Å². The summed E-state index contributed by atoms with van der Waals surface area (Å²) in [6, 6.07) is 0. The van der Waals surface area contributed by atoms with E-state index in [9.17, 15) is 24.6 Å². The lowest BCUT2D eigenvalue weighted by molar-refractivity contribution is -0.272. The normalized spacial score (nSPS) is 12.0. The van der Waals surface area contributed by atoms with Gasteiger partial charge in [0.05, 0.1) is 5.01 Å². The van der Waals surface area contributed by atoms with Crippen molar-refractivity contribution < 1.29 is 24.6 Å². The topological polar surface area (TPSA) is 142 Å². The first kappa shape index (κ1) is 30.8. The number of thioether (sulfide) groups is 1. The van der Waals surface area contributed by atoms with Gasteiger partial charge in [0.15, 0.2) is 0 Å². The minimum atomic E-state index is -1.35. The third kappa shape index (κ3) is 8.85. The molecule has 0 fully saturated rings. The van der Waals surface area contributed by atoms with Crippen molar-refractivity contribution in [3.63, 3.8) is 0 Å². The third-order valence-corrected chi connectivity index (χ3v) is 8.07. The van der Waals surface area contributed by atoms with E-state index in [-0.39, 0.29) is 19.0 Å². The van der Waals surface area contributed by atoms with Crippen LogP contribution in [0.4, 0.5) is 9.59 Å². The highest BCUT2D eigenvalue weighted by atomic mass is 32.2. The average molecular weight is 570 g/mol. The number of aromatic nitrogens is 2. The Labute approximate surface area is 230 Å². The fourth-order valence-electron chi connectivity index (χ4n) is 3.48. The zero-order valence-electron chi connectivity index (χ0n) is 22.3. The van der Waals surface area contributed by atoms with Crippen LogP contribution < -0.4 is 15.5 Å². The summed E-state index contributed by atoms with van der Waals surface area (Å²) in [6.45, 7) is 11.0. The van der Waals surface area contributed by atoms with E-state index in [2.05, 4.69) is 15.3 Å². The van der Waals surface area contributed by atoms with Crippen LogP contribution in [0.3, 0.4) is 0 Å². The lowest BCUT2D eigenvalue weighted by atomic mass is 10.00. The maximum Gasteiger partial charge on any atom is 0.270 e. The number of hydrogen-bond donors (Lipinski definition) is 1. The van der Waals surface area contributed by atoms with Gasteiger partial charge in [-0.15, -0.1) is 22.7 Å². The zero-order valence-corrected chi connectivity index (χ0v) is 24.8. The van der Waals surface area contributed by atoms with Gasteiger partial charge in [-0.1, -0.05) is 0 Å². The molecule has 0 aliphatic heterocycles. The van der Waals surface area contributed by atoms with Crippen LogP contribution in [0.5, 0.6) is 0 Å². The van der Waals surface area contributed by atoms with Gasteiger partial charge < -0.3 is 34.9 Å². The van der Waals surface area contributed by atoms with E-state index in [1.54, 1.807) is 64.1 Å². The molecular formula is C24H35N5O5S3-2. The summed E-state index contributed by atoms with van der Waals surface area (Å²) < 4.78 is 0. The van der Waals surface area contributed by atoms with E-state index in [1.807, 2.05) is 6.26 Å². The second-order valence-electron chi connectivity index (χ2n) is 10.5. The number of thiazole rings is 2. The largest absolute Gasteiger partial charge is 0.530 e. The molecule has 0 saturated heterocycles. The highest BCUT2D eigenvalue weighted by Crippen LogP contribution is 2.32. The van der Waals surface area contributed by atoms with Crippen LogP contribution in [0, 0.1) is 0 Å². The summed E-state index contributed by atoms with van der Waals surface area (Å²) in [4.78, 5) is 47.7. The first-order valence-electron chi connectivity index (χ1n) is 11.8. The van der Waals surface area contributed by atoms with Crippen molar-refractivity contribution in [1.29, 1.82) is 0 Å². The SMILES string of the molecule is CSCCCNC(=O)c1csc(-c2csc(C(CN(C(=O)[O-])C(C)(C)C)CN(C(=O)[O-])C(C)(C)C)n2)n1. The molecule has 2 aromatic heterocycles. The molecule has 0 bridgehead atoms. The molecule has 0 aliphatic rings. The summed E-state index contributed by atoms with van der Waals surface area (Å²) >= 11 is 4.29. The summed E-state index contributed by atoms with van der Waals surface area (Å²) in [7, 11) is 0. The van der Waals surface area contributed by atoms with E-state index in [4.69, 9.17) is 0 Å². The average Bonchev–Trinajstić information content (AvgIpc) is 3.44. The van der Waals surface area contributed by atoms with E-state index in [0.29, 0.717) is 27.9 Å². The van der Waals surface area contributed by atoms with Crippen LogP contribution in [-0.2, 0) is 0 Å². The molecule has 1 N–H and O–H groups in total. The van der Waals surface area contributed by atoms with Gasteiger partial charge in [0, 0.05) is 47.4 Å². The molecule has 0 atom stereocenters. The van der Waals surface area contributed by atoms with Crippen LogP contribution in [0.2, 0.25) is 0 Å². The first-order chi connectivity index (χ1) is 17.1. The van der Waals surface area contributed by atoms with Crippen molar-refractivity contribution >= 4 is 52.5 Å². The van der Waals surface area contributed by atoms with E-state index >= 15 is 0 Å². The number of amides is 3. The Bertz CT molecular complexity index is 1040. The Kier molecular flexibility index (Phi) is 10.8. The molecule has 0 aromatic carbocycles. The monoisotopic (exact) mass is 569 g/mol. The summed E-state index contributed by atoms with van der Waals surface area (Å²) in [5, 5.41) is 31.3. The Balaban J connectivity index is 2.33. The van der Waals surface area contributed by atoms with Gasteiger partial charge in [-0.3, -0.25) is 4.79 Å². The Morgan fingerprint density at radius 1 is 0.973 bits per heavy atom. The van der Waals surface area contributed by atoms with Gasteiger partial charge in [-0.25, -0.2) is 9.97 Å². The van der Waals surface area contributed by atoms with Crippen molar-refractivity contribution in [1.82, 2.24) is 25.1 Å². The smallest absolute Gasteiger partial charge is 0.270 e. The fourth-order valence-corrected chi connectivity index (χ4v) is 5.63. The van der Waals surface area contributed by atoms with E-state index in [1.165, 1.54) is 32.5 Å². The van der Waals surface area contributed by atoms with Crippen molar-refractivity contribution in [3.05, 3.63) is 21.5 Å². The third-order valence-electron chi connectivity index (χ3n) is 5.50. The number of carbonyl (C=O) groups excluding carboxylic acids is 3. The van der Waals surface area contributed by atoms with Crippen molar-refractivity contribution in [2.45, 2.75) is 65.0 Å². The molecule has 0 aliphatic carbocycles. The van der Waals surface area contributed by atoms with Gasteiger partial charge >= 0.3 is 0 Å². The van der Waals surface area contributed by atoms with Crippen LogP contribution in [0.25, 0.3) is 10.7 Å². The molecule has 0 spiro atoms. The summed E-state index contributed by atoms with van der Waals surface area (Å²) in [5.41, 5.74) is -0.679. The zero-order chi connectivity index (χ0) is 28.0. The van der Waals surface area contributed by atoms with E-state index in [0.717, 1.165) is 12.2 Å². The standard InChI is InChI=1S/C24H37N5O5S3/c1-23(2,3)28(21(31)32)11-15(12-29(22(33)34)24(4,5)6)19-27-17(14-36-19)20-26-16(13-37-20)18(30)25-9-8-10-35-7/h13-15H,8-12H2,1-7H3,(H,25,30)(H,31,32)(H,33,34)/p-2. The summed E-state index contributed by atoms with van der Waals surface area (Å²) in [5.74, 6) is 0.134. The quantitative estimate of drug-likeness (QED) is 0.407. The number of hydrogen-bond acceptors (Lipinski definition) is 10. The highest BCUT2D eigenvalue weighted by molar-refractivity contribution is 7.98. The molecule has 3 amide bonds. The van der Waals surface area contributed by atoms with Crippen molar-refractivity contribution in [2.75, 3.05) is 31.6 Å². The predicted octanol–water partition coefficient (Wildman–Crippen LogP) is 2.72. The maximum atomic E-state index is 12.4. The lowest BCUT2D eigenvalue weighted by Gasteiger charge is -2.43. The van der Waals surface area contributed by atoms with Gasteiger partial charge in [-0.05, 0) is 60.0 Å². The molecule has 2 heterocycles. The molecule has 0 unspecified atom stereocenters. The van der Waals surface area contributed by atoms with Gasteiger partial charge in [-0.2, -0.15) is 11.8 Å². The van der Waals surface area contributed by atoms with Crippen molar-refractivity contribution in [3.8, 4) is 10.7 Å². The minimum absolute atomic E-state index is 0.0137. The Morgan fingerprint density at radius 3 is 2.03 bits per heavy atom. The Hall–Kier alpha value is -2.38. The van der Waals surface area contributed by atoms with Crippen LogP contribution >= 0.6 is 34.4 Å². The molecule has 37 heavy (non-hydrogen) atoms. The molecule has 13 heteroatoms. The van der Waals surface area contributed by atoms with Gasteiger partial charge in [0.2, 0.25) is 0 Å². The van der Waals surface area contributed by atoms with E-state index < -0.39 is 29.2 Å². The van der Waals surface area contributed by atoms with Crippen LogP contribution in [0.15, 0.2) is 10.8 Å². The maximum absolute atomic E-state index is 12.4. The van der Waals surface area contributed by atoms with Crippen molar-refractivity contribution in [2.24, 2.45) is 0 Å². The first-order valence-corrected chi connectivity index (χ1v) is 15.0. The molecule has 206 valence electrons. The Morgan fingerprint density at radius 2 is 1.54 bits per heavy atom. The van der Waals surface area contributed by atoms with Gasteiger partial charge in [0.1, 0.15) is 28.6 Å².